The summed E-state index contributed by atoms with van der Waals surface area (Å²) < 4.78 is 26.9. The molecular weight excluding hydrogens is 468 g/mol. The van der Waals surface area contributed by atoms with Gasteiger partial charge in [0.25, 0.3) is 0 Å². The van der Waals surface area contributed by atoms with Crippen molar-refractivity contribution in [2.75, 3.05) is 19.8 Å². The summed E-state index contributed by atoms with van der Waals surface area (Å²) in [4.78, 5) is 0. The van der Waals surface area contributed by atoms with Crippen LogP contribution in [0.3, 0.4) is 0 Å². The Labute approximate surface area is 194 Å². The van der Waals surface area contributed by atoms with Crippen molar-refractivity contribution in [1.29, 1.82) is 0 Å². The molecule has 3 heterocycles. The topological polar surface area (TPSA) is 248 Å². The molecule has 0 amide bonds. The van der Waals surface area contributed by atoms with Crippen molar-refractivity contribution in [2.45, 2.75) is 98.9 Å². The second kappa shape index (κ2) is 11.6. The third-order valence-corrected chi connectivity index (χ3v) is 6.34. The molecule has 10 N–H and O–H groups in total. The Hall–Kier alpha value is -0.600. The number of hydrogen-bond donors (Lipinski definition) is 10. The van der Waals surface area contributed by atoms with E-state index in [2.05, 4.69) is 0 Å². The van der Waals surface area contributed by atoms with Gasteiger partial charge in [-0.1, -0.05) is 0 Å². The summed E-state index contributed by atoms with van der Waals surface area (Å²) in [6.45, 7) is -0.349. The standard InChI is InChI=1S/C19H34O15/c1-5-9(22)17(34-19-16(29)14(27)11(24)7(3-21)33-19)12(25)8(31-5)4-30-18-15(28)13(26)10(23)6(2-20)32-18/h5-29H,2-4H2,1H3/t5-,6-,7-,8-,9-,10-,11-,12-,13+,14+,15+,16+,17-,18+,19-/m1/s1. The lowest BCUT2D eigenvalue weighted by Gasteiger charge is -2.46. The molecule has 0 unspecified atom stereocenters. The molecule has 3 aliphatic heterocycles. The van der Waals surface area contributed by atoms with Crippen molar-refractivity contribution in [3.8, 4) is 0 Å². The van der Waals surface area contributed by atoms with Gasteiger partial charge in [-0.25, -0.2) is 0 Å². The SMILES string of the molecule is C[C@H]1O[C@H](CO[C@H]2O[C@H](CO)[C@@H](O)[C@H](O)[C@@H]2O)[C@@H](O)[C@H](O[C@H]2O[C@H](CO)[C@@H](O)[C@H](O)[C@@H]2O)[C@@H]1O. The van der Waals surface area contributed by atoms with Gasteiger partial charge in [-0.05, 0) is 6.92 Å². The first kappa shape index (κ1) is 28.0. The molecule has 15 heteroatoms. The predicted molar refractivity (Wildman–Crippen MR) is 105 cm³/mol. The van der Waals surface area contributed by atoms with Crippen molar-refractivity contribution < 1.29 is 74.7 Å². The summed E-state index contributed by atoms with van der Waals surface area (Å²) in [7, 11) is 0. The highest BCUT2D eigenvalue weighted by atomic mass is 16.7. The summed E-state index contributed by atoms with van der Waals surface area (Å²) in [5, 5.41) is 99.6. The molecule has 3 aliphatic rings. The molecule has 0 spiro atoms. The van der Waals surface area contributed by atoms with Crippen LogP contribution in [0.25, 0.3) is 0 Å². The van der Waals surface area contributed by atoms with Crippen molar-refractivity contribution in [1.82, 2.24) is 0 Å². The summed E-state index contributed by atoms with van der Waals surface area (Å²) >= 11 is 0. The van der Waals surface area contributed by atoms with Gasteiger partial charge in [0.15, 0.2) is 12.6 Å². The van der Waals surface area contributed by atoms with Crippen LogP contribution in [0.15, 0.2) is 0 Å². The molecule has 0 radical (unpaired) electrons. The molecule has 3 rings (SSSR count). The maximum absolute atomic E-state index is 10.7. The minimum Gasteiger partial charge on any atom is -0.394 e. The van der Waals surface area contributed by atoms with Crippen LogP contribution in [0.5, 0.6) is 0 Å². The summed E-state index contributed by atoms with van der Waals surface area (Å²) in [6, 6.07) is 0. The normalized spacial score (nSPS) is 52.5. The van der Waals surface area contributed by atoms with Crippen molar-refractivity contribution in [2.24, 2.45) is 0 Å². The second-order valence-corrected chi connectivity index (χ2v) is 8.69. The van der Waals surface area contributed by atoms with E-state index in [1.54, 1.807) is 0 Å². The third kappa shape index (κ3) is 5.54. The molecule has 3 saturated heterocycles. The number of hydrogen-bond acceptors (Lipinski definition) is 15. The van der Waals surface area contributed by atoms with Gasteiger partial charge in [-0.15, -0.1) is 0 Å². The minimum atomic E-state index is -1.76. The maximum atomic E-state index is 10.7. The Morgan fingerprint density at radius 1 is 0.559 bits per heavy atom. The van der Waals surface area contributed by atoms with Crippen LogP contribution in [0.4, 0.5) is 0 Å². The first-order valence-electron chi connectivity index (χ1n) is 10.9. The van der Waals surface area contributed by atoms with Gasteiger partial charge in [0.2, 0.25) is 0 Å². The number of aliphatic hydroxyl groups is 10. The zero-order chi connectivity index (χ0) is 25.3. The summed E-state index contributed by atoms with van der Waals surface area (Å²) in [5.41, 5.74) is 0. The summed E-state index contributed by atoms with van der Waals surface area (Å²) in [5.74, 6) is 0. The molecule has 3 fully saturated rings. The van der Waals surface area contributed by atoms with Gasteiger partial charge in [-0.2, -0.15) is 0 Å². The first-order chi connectivity index (χ1) is 16.0. The Kier molecular flexibility index (Phi) is 9.57. The van der Waals surface area contributed by atoms with Crippen LogP contribution in [0, 0.1) is 0 Å². The Morgan fingerprint density at radius 2 is 1.06 bits per heavy atom. The van der Waals surface area contributed by atoms with E-state index in [1.807, 2.05) is 0 Å². The van der Waals surface area contributed by atoms with Crippen LogP contribution >= 0.6 is 0 Å². The lowest BCUT2D eigenvalue weighted by molar-refractivity contribution is -0.346. The van der Waals surface area contributed by atoms with E-state index in [0.717, 1.165) is 0 Å². The van der Waals surface area contributed by atoms with Gasteiger partial charge in [0.1, 0.15) is 73.2 Å². The maximum Gasteiger partial charge on any atom is 0.187 e. The first-order valence-corrected chi connectivity index (χ1v) is 10.9. The third-order valence-electron chi connectivity index (χ3n) is 6.34. The van der Waals surface area contributed by atoms with Gasteiger partial charge >= 0.3 is 0 Å². The minimum absolute atomic E-state index is 0.449. The van der Waals surface area contributed by atoms with E-state index >= 15 is 0 Å². The molecule has 15 nitrogen and oxygen atoms in total. The molecule has 15 atom stereocenters. The van der Waals surface area contributed by atoms with E-state index in [0.29, 0.717) is 0 Å². The molecule has 34 heavy (non-hydrogen) atoms. The van der Waals surface area contributed by atoms with Crippen LogP contribution in [-0.2, 0) is 23.7 Å². The molecular formula is C19H34O15. The van der Waals surface area contributed by atoms with Crippen LogP contribution in [0.2, 0.25) is 0 Å². The van der Waals surface area contributed by atoms with Crippen molar-refractivity contribution in [3.05, 3.63) is 0 Å². The van der Waals surface area contributed by atoms with Gasteiger partial charge in [-0.3, -0.25) is 0 Å². The van der Waals surface area contributed by atoms with E-state index in [9.17, 15) is 51.1 Å². The molecule has 0 bridgehead atoms. The fourth-order valence-corrected chi connectivity index (χ4v) is 4.15. The van der Waals surface area contributed by atoms with Crippen LogP contribution in [-0.4, -0.2) is 163 Å². The molecule has 0 saturated carbocycles. The average Bonchev–Trinajstić information content (AvgIpc) is 2.82. The molecule has 0 aliphatic carbocycles. The smallest absolute Gasteiger partial charge is 0.187 e. The second-order valence-electron chi connectivity index (χ2n) is 8.69. The Balaban J connectivity index is 1.65. The predicted octanol–water partition coefficient (Wildman–Crippen LogP) is -6.50. The van der Waals surface area contributed by atoms with E-state index in [4.69, 9.17) is 23.7 Å². The molecule has 0 aromatic carbocycles. The van der Waals surface area contributed by atoms with Crippen molar-refractivity contribution >= 4 is 0 Å². The van der Waals surface area contributed by atoms with Gasteiger partial charge < -0.3 is 74.7 Å². The van der Waals surface area contributed by atoms with E-state index < -0.39 is 112 Å². The zero-order valence-corrected chi connectivity index (χ0v) is 18.3. The Morgan fingerprint density at radius 3 is 1.59 bits per heavy atom. The quantitative estimate of drug-likeness (QED) is 0.155. The van der Waals surface area contributed by atoms with Crippen LogP contribution in [0.1, 0.15) is 6.92 Å². The van der Waals surface area contributed by atoms with E-state index in [1.165, 1.54) is 6.92 Å². The van der Waals surface area contributed by atoms with E-state index in [-0.39, 0.29) is 0 Å². The van der Waals surface area contributed by atoms with Gasteiger partial charge in [0.05, 0.1) is 25.9 Å². The fourth-order valence-electron chi connectivity index (χ4n) is 4.15. The largest absolute Gasteiger partial charge is 0.394 e. The lowest BCUT2D eigenvalue weighted by atomic mass is 9.94. The van der Waals surface area contributed by atoms with Gasteiger partial charge in [0, 0.05) is 0 Å². The highest BCUT2D eigenvalue weighted by molar-refractivity contribution is 4.95. The highest BCUT2D eigenvalue weighted by Gasteiger charge is 2.50. The zero-order valence-electron chi connectivity index (χ0n) is 18.3. The molecule has 200 valence electrons. The lowest BCUT2D eigenvalue weighted by Crippen LogP contribution is -2.64. The van der Waals surface area contributed by atoms with Crippen LogP contribution < -0.4 is 0 Å². The highest BCUT2D eigenvalue weighted by Crippen LogP contribution is 2.30. The monoisotopic (exact) mass is 502 g/mol. The molecule has 0 aromatic heterocycles. The number of rotatable bonds is 7. The average molecular weight is 502 g/mol. The fraction of sp³-hybridized carbons (Fsp3) is 1.00. The van der Waals surface area contributed by atoms with Crippen molar-refractivity contribution in [3.63, 3.8) is 0 Å². The number of ether oxygens (including phenoxy) is 5. The Bertz CT molecular complexity index is 637. The summed E-state index contributed by atoms with van der Waals surface area (Å²) in [6.07, 6.45) is -22.2. The number of aliphatic hydroxyl groups excluding tert-OH is 10. The molecule has 0 aromatic rings.